The van der Waals surface area contributed by atoms with E-state index in [0.29, 0.717) is 18.7 Å². The summed E-state index contributed by atoms with van der Waals surface area (Å²) in [5, 5.41) is 12.3. The monoisotopic (exact) mass is 485 g/mol. The average molecular weight is 486 g/mol. The number of aryl methyl sites for hydroxylation is 1. The lowest BCUT2D eigenvalue weighted by molar-refractivity contribution is -0.136. The van der Waals surface area contributed by atoms with Crippen LogP contribution in [0, 0.1) is 6.92 Å². The Morgan fingerprint density at radius 2 is 1.49 bits per heavy atom. The van der Waals surface area contributed by atoms with Gasteiger partial charge in [-0.3, -0.25) is 9.59 Å². The number of carbonyl (C=O) groups is 2. The van der Waals surface area contributed by atoms with E-state index in [2.05, 4.69) is 41.4 Å². The Morgan fingerprint density at radius 3 is 2.11 bits per heavy atom. The predicted octanol–water partition coefficient (Wildman–Crippen LogP) is 5.53. The van der Waals surface area contributed by atoms with Crippen molar-refractivity contribution in [2.45, 2.75) is 26.4 Å². The number of thiazole rings is 1. The third-order valence-electron chi connectivity index (χ3n) is 5.53. The zero-order chi connectivity index (χ0) is 24.6. The first-order chi connectivity index (χ1) is 17.0. The molecule has 1 heterocycles. The molecular weight excluding hydrogens is 458 g/mol. The number of aliphatic carboxylic acids is 1. The lowest BCUT2D eigenvalue weighted by atomic mass is 10.1. The van der Waals surface area contributed by atoms with Crippen molar-refractivity contribution in [2.24, 2.45) is 0 Å². The predicted molar refractivity (Wildman–Crippen MR) is 140 cm³/mol. The van der Waals surface area contributed by atoms with Crippen LogP contribution in [0.4, 0.5) is 5.13 Å². The summed E-state index contributed by atoms with van der Waals surface area (Å²) in [4.78, 5) is 31.3. The Morgan fingerprint density at radius 1 is 0.886 bits per heavy atom. The number of amides is 1. The van der Waals surface area contributed by atoms with Gasteiger partial charge in [-0.05, 0) is 30.2 Å². The van der Waals surface area contributed by atoms with Gasteiger partial charge in [0.15, 0.2) is 5.13 Å². The third kappa shape index (κ3) is 6.55. The van der Waals surface area contributed by atoms with Gasteiger partial charge >= 0.3 is 5.97 Å². The molecule has 0 unspecified atom stereocenters. The number of benzene rings is 3. The Balaban J connectivity index is 1.54. The quantitative estimate of drug-likeness (QED) is 0.309. The number of hydrogen-bond acceptors (Lipinski definition) is 5. The molecule has 35 heavy (non-hydrogen) atoms. The summed E-state index contributed by atoms with van der Waals surface area (Å²) < 4.78 is 0. The van der Waals surface area contributed by atoms with Crippen molar-refractivity contribution in [1.29, 1.82) is 0 Å². The third-order valence-corrected chi connectivity index (χ3v) is 6.56. The van der Waals surface area contributed by atoms with Crippen LogP contribution in [0.5, 0.6) is 0 Å². The lowest BCUT2D eigenvalue weighted by Crippen LogP contribution is -2.26. The second kappa shape index (κ2) is 11.4. The first kappa shape index (κ1) is 24.2. The number of rotatable bonds is 10. The van der Waals surface area contributed by atoms with Gasteiger partial charge in [-0.1, -0.05) is 72.8 Å². The van der Waals surface area contributed by atoms with Gasteiger partial charge in [-0.15, -0.1) is 11.3 Å². The van der Waals surface area contributed by atoms with Crippen molar-refractivity contribution < 1.29 is 14.7 Å². The maximum atomic E-state index is 12.3. The Kier molecular flexibility index (Phi) is 7.90. The molecule has 0 aliphatic carbocycles. The van der Waals surface area contributed by atoms with Gasteiger partial charge in [-0.2, -0.15) is 0 Å². The molecule has 0 saturated carbocycles. The van der Waals surface area contributed by atoms with Crippen LogP contribution < -0.4 is 10.2 Å². The van der Waals surface area contributed by atoms with Crippen LogP contribution in [0.2, 0.25) is 0 Å². The zero-order valence-electron chi connectivity index (χ0n) is 19.5. The van der Waals surface area contributed by atoms with E-state index in [1.807, 2.05) is 48.5 Å². The number of carbonyl (C=O) groups excluding carboxylic acids is 1. The van der Waals surface area contributed by atoms with Gasteiger partial charge in [0.25, 0.3) is 5.91 Å². The van der Waals surface area contributed by atoms with E-state index >= 15 is 0 Å². The van der Waals surface area contributed by atoms with E-state index in [9.17, 15) is 9.59 Å². The minimum Gasteiger partial charge on any atom is -0.481 e. The fraction of sp³-hybridized carbons (Fsp3) is 0.179. The summed E-state index contributed by atoms with van der Waals surface area (Å²) in [6.45, 7) is 3.55. The number of carboxylic acids is 1. The van der Waals surface area contributed by atoms with Crippen molar-refractivity contribution >= 4 is 28.3 Å². The molecule has 0 radical (unpaired) electrons. The van der Waals surface area contributed by atoms with E-state index in [1.165, 1.54) is 5.56 Å². The van der Waals surface area contributed by atoms with Gasteiger partial charge < -0.3 is 15.3 Å². The number of hydrogen-bond donors (Lipinski definition) is 2. The van der Waals surface area contributed by atoms with E-state index in [4.69, 9.17) is 10.1 Å². The fourth-order valence-corrected chi connectivity index (χ4v) is 4.67. The topological polar surface area (TPSA) is 82.5 Å². The summed E-state index contributed by atoms with van der Waals surface area (Å²) in [5.74, 6) is -1.21. The SMILES string of the molecule is Cc1sc(N(Cc2ccccc2)Cc2ccc(C(=O)NCCC(=O)O)cc2)nc1-c1ccccc1. The van der Waals surface area contributed by atoms with Crippen LogP contribution in [0.15, 0.2) is 84.9 Å². The minimum atomic E-state index is -0.938. The van der Waals surface area contributed by atoms with Crippen LogP contribution in [0.1, 0.15) is 32.8 Å². The van der Waals surface area contributed by atoms with Crippen molar-refractivity contribution in [3.8, 4) is 11.3 Å². The summed E-state index contributed by atoms with van der Waals surface area (Å²) in [6, 6.07) is 27.9. The fourth-order valence-electron chi connectivity index (χ4n) is 3.74. The highest BCUT2D eigenvalue weighted by Gasteiger charge is 2.17. The molecule has 6 nitrogen and oxygen atoms in total. The van der Waals surface area contributed by atoms with E-state index in [0.717, 1.165) is 26.8 Å². The van der Waals surface area contributed by atoms with Crippen molar-refractivity contribution in [1.82, 2.24) is 10.3 Å². The highest BCUT2D eigenvalue weighted by atomic mass is 32.1. The van der Waals surface area contributed by atoms with Gasteiger partial charge in [0.1, 0.15) is 0 Å². The van der Waals surface area contributed by atoms with E-state index in [-0.39, 0.29) is 18.9 Å². The van der Waals surface area contributed by atoms with Crippen LogP contribution in [0.25, 0.3) is 11.3 Å². The standard InChI is InChI=1S/C28H27N3O3S/c1-20-26(23-10-6-3-7-11-23)30-28(35-20)31(18-21-8-4-2-5-9-21)19-22-12-14-24(15-13-22)27(34)29-17-16-25(32)33/h2-15H,16-19H2,1H3,(H,29,34)(H,32,33). The summed E-state index contributed by atoms with van der Waals surface area (Å²) in [6.07, 6.45) is -0.101. The normalized spacial score (nSPS) is 10.7. The lowest BCUT2D eigenvalue weighted by Gasteiger charge is -2.22. The van der Waals surface area contributed by atoms with Crippen LogP contribution in [0.3, 0.4) is 0 Å². The van der Waals surface area contributed by atoms with Crippen molar-refractivity contribution in [3.63, 3.8) is 0 Å². The molecule has 0 atom stereocenters. The van der Waals surface area contributed by atoms with Crippen molar-refractivity contribution in [3.05, 3.63) is 106 Å². The molecular formula is C28H27N3O3S. The molecule has 1 aromatic heterocycles. The van der Waals surface area contributed by atoms with Gasteiger partial charge in [0.2, 0.25) is 0 Å². The van der Waals surface area contributed by atoms with Crippen molar-refractivity contribution in [2.75, 3.05) is 11.4 Å². The van der Waals surface area contributed by atoms with Crippen LogP contribution >= 0.6 is 11.3 Å². The minimum absolute atomic E-state index is 0.101. The van der Waals surface area contributed by atoms with Crippen LogP contribution in [-0.4, -0.2) is 28.5 Å². The van der Waals surface area contributed by atoms with E-state index in [1.54, 1.807) is 23.5 Å². The Hall–Kier alpha value is -3.97. The maximum Gasteiger partial charge on any atom is 0.305 e. The number of nitrogens with zero attached hydrogens (tertiary/aromatic N) is 2. The second-order valence-corrected chi connectivity index (χ2v) is 9.39. The number of anilines is 1. The summed E-state index contributed by atoms with van der Waals surface area (Å²) in [5.41, 5.74) is 4.85. The molecule has 0 aliphatic rings. The number of nitrogens with one attached hydrogen (secondary N) is 1. The smallest absolute Gasteiger partial charge is 0.305 e. The average Bonchev–Trinajstić information content (AvgIpc) is 3.26. The largest absolute Gasteiger partial charge is 0.481 e. The van der Waals surface area contributed by atoms with E-state index < -0.39 is 5.97 Å². The van der Waals surface area contributed by atoms with Gasteiger partial charge in [0.05, 0.1) is 12.1 Å². The van der Waals surface area contributed by atoms with Gasteiger partial charge in [-0.25, -0.2) is 4.98 Å². The molecule has 0 fully saturated rings. The first-order valence-electron chi connectivity index (χ1n) is 11.4. The Bertz CT molecular complexity index is 1270. The molecule has 1 amide bonds. The first-order valence-corrected chi connectivity index (χ1v) is 12.2. The van der Waals surface area contributed by atoms with Crippen LogP contribution in [-0.2, 0) is 17.9 Å². The number of aromatic nitrogens is 1. The highest BCUT2D eigenvalue weighted by molar-refractivity contribution is 7.16. The Labute approximate surface area is 208 Å². The molecule has 0 saturated heterocycles. The molecule has 178 valence electrons. The molecule has 2 N–H and O–H groups in total. The molecule has 7 heteroatoms. The highest BCUT2D eigenvalue weighted by Crippen LogP contribution is 2.33. The molecule has 3 aromatic carbocycles. The zero-order valence-corrected chi connectivity index (χ0v) is 20.3. The van der Waals surface area contributed by atoms with Gasteiger partial charge in [0, 0.05) is 35.6 Å². The molecule has 0 aliphatic heterocycles. The maximum absolute atomic E-state index is 12.3. The molecule has 0 spiro atoms. The molecule has 0 bridgehead atoms. The molecule has 4 aromatic rings. The molecule has 4 rings (SSSR count). The summed E-state index contributed by atoms with van der Waals surface area (Å²) >= 11 is 1.68. The second-order valence-electron chi connectivity index (χ2n) is 8.21. The summed E-state index contributed by atoms with van der Waals surface area (Å²) in [7, 11) is 0. The number of carboxylic acid groups (broad SMARTS) is 1.